The first-order valence-corrected chi connectivity index (χ1v) is 9.84. The van der Waals surface area contributed by atoms with Crippen LogP contribution in [0.1, 0.15) is 39.3 Å². The van der Waals surface area contributed by atoms with Gasteiger partial charge in [0, 0.05) is 39.3 Å². The zero-order valence-corrected chi connectivity index (χ0v) is 20.3. The monoisotopic (exact) mass is 501 g/mol. The number of hydrogen-bond donors (Lipinski definition) is 2. The molecule has 0 spiro atoms. The van der Waals surface area contributed by atoms with Crippen LogP contribution in [0.4, 0.5) is 0 Å². The number of hydrogen-bond acceptors (Lipinski definition) is 3. The van der Waals surface area contributed by atoms with Gasteiger partial charge in [-0.3, -0.25) is 9.69 Å². The van der Waals surface area contributed by atoms with Gasteiger partial charge in [-0.15, -0.1) is 24.0 Å². The van der Waals surface area contributed by atoms with Crippen molar-refractivity contribution in [3.8, 4) is 0 Å². The highest BCUT2D eigenvalue weighted by molar-refractivity contribution is 14.0. The molecule has 1 aliphatic heterocycles. The summed E-state index contributed by atoms with van der Waals surface area (Å²) in [5.41, 5.74) is 1.19. The summed E-state index contributed by atoms with van der Waals surface area (Å²) in [6.07, 6.45) is 0. The third-order valence-electron chi connectivity index (χ3n) is 5.22. The molecule has 0 radical (unpaired) electrons. The minimum atomic E-state index is -0.00765. The van der Waals surface area contributed by atoms with Crippen molar-refractivity contribution in [3.63, 3.8) is 0 Å². The largest absolute Gasteiger partial charge is 0.352 e. The number of carbonyl (C=O) groups excluding carboxylic acids is 1. The average Bonchev–Trinajstić information content (AvgIpc) is 3.00. The highest BCUT2D eigenvalue weighted by atomic mass is 127. The molecule has 7 heteroatoms. The van der Waals surface area contributed by atoms with Crippen molar-refractivity contribution >= 4 is 35.8 Å². The lowest BCUT2D eigenvalue weighted by molar-refractivity contribution is -0.127. The Balaban J connectivity index is 0.00000392. The summed E-state index contributed by atoms with van der Waals surface area (Å²) in [6, 6.07) is 11.2. The maximum atomic E-state index is 12.0. The van der Waals surface area contributed by atoms with Crippen LogP contribution in [0.2, 0.25) is 0 Å². The Morgan fingerprint density at radius 3 is 2.39 bits per heavy atom. The van der Waals surface area contributed by atoms with Crippen molar-refractivity contribution in [2.24, 2.45) is 10.9 Å². The van der Waals surface area contributed by atoms with Gasteiger partial charge in [-0.1, -0.05) is 37.3 Å². The van der Waals surface area contributed by atoms with Gasteiger partial charge in [0.05, 0.1) is 6.04 Å². The molecular weight excluding hydrogens is 465 g/mol. The molecule has 2 rings (SSSR count). The molecule has 28 heavy (non-hydrogen) atoms. The fourth-order valence-electron chi connectivity index (χ4n) is 3.24. The third-order valence-corrected chi connectivity index (χ3v) is 5.22. The highest BCUT2D eigenvalue weighted by Gasteiger charge is 2.31. The van der Waals surface area contributed by atoms with Crippen LogP contribution >= 0.6 is 24.0 Å². The number of rotatable bonds is 6. The second kappa shape index (κ2) is 11.6. The molecule has 1 aromatic carbocycles. The minimum absolute atomic E-state index is 0. The summed E-state index contributed by atoms with van der Waals surface area (Å²) in [5, 5.41) is 7.04. The molecule has 1 saturated heterocycles. The van der Waals surface area contributed by atoms with Crippen LogP contribution < -0.4 is 10.6 Å². The van der Waals surface area contributed by atoms with Crippen LogP contribution in [0.15, 0.2) is 35.3 Å². The van der Waals surface area contributed by atoms with E-state index < -0.39 is 0 Å². The average molecular weight is 501 g/mol. The van der Waals surface area contributed by atoms with E-state index in [4.69, 9.17) is 0 Å². The lowest BCUT2D eigenvalue weighted by atomic mass is 10.1. The van der Waals surface area contributed by atoms with Crippen molar-refractivity contribution < 1.29 is 4.79 Å². The van der Waals surface area contributed by atoms with E-state index in [1.54, 1.807) is 19.0 Å². The standard InChI is InChI=1S/C21H35N5O.HI/c1-15(2)26-13-16(3)19(14-26)24-21(22-12-20(27)25(5)6)23-17(4)18-10-8-7-9-11-18;/h7-11,15-17,19H,12-14H2,1-6H3,(H2,22,23,24);1H. The van der Waals surface area contributed by atoms with Gasteiger partial charge in [0.25, 0.3) is 0 Å². The van der Waals surface area contributed by atoms with Crippen LogP contribution in [0, 0.1) is 5.92 Å². The normalized spacial score (nSPS) is 21.2. The first kappa shape index (κ1) is 24.7. The summed E-state index contributed by atoms with van der Waals surface area (Å²) in [6.45, 7) is 11.0. The second-order valence-electron chi connectivity index (χ2n) is 8.01. The SMILES string of the molecule is CC(NC(=NCC(=O)N(C)C)NC1CN(C(C)C)CC1C)c1ccccc1.I. The third kappa shape index (κ3) is 7.24. The maximum absolute atomic E-state index is 12.0. The number of likely N-dealkylation sites (N-methyl/N-ethyl adjacent to an activating group) is 1. The van der Waals surface area contributed by atoms with Gasteiger partial charge < -0.3 is 15.5 Å². The first-order chi connectivity index (χ1) is 12.8. The van der Waals surface area contributed by atoms with E-state index >= 15 is 0 Å². The van der Waals surface area contributed by atoms with E-state index in [2.05, 4.69) is 60.4 Å². The van der Waals surface area contributed by atoms with Crippen LogP contribution in [0.5, 0.6) is 0 Å². The van der Waals surface area contributed by atoms with E-state index in [-0.39, 0.29) is 42.5 Å². The molecule has 0 aliphatic carbocycles. The molecular formula is C21H36IN5O. The molecule has 0 saturated carbocycles. The zero-order chi connectivity index (χ0) is 20.0. The molecule has 6 nitrogen and oxygen atoms in total. The molecule has 1 fully saturated rings. The van der Waals surface area contributed by atoms with Crippen LogP contribution in [0.3, 0.4) is 0 Å². The zero-order valence-electron chi connectivity index (χ0n) is 18.0. The van der Waals surface area contributed by atoms with Gasteiger partial charge in [-0.2, -0.15) is 0 Å². The van der Waals surface area contributed by atoms with Crippen molar-refractivity contribution in [1.82, 2.24) is 20.4 Å². The summed E-state index contributed by atoms with van der Waals surface area (Å²) < 4.78 is 0. The molecule has 1 aliphatic rings. The second-order valence-corrected chi connectivity index (χ2v) is 8.01. The molecule has 1 heterocycles. The number of guanidine groups is 1. The van der Waals surface area contributed by atoms with Gasteiger partial charge in [0.15, 0.2) is 5.96 Å². The Hall–Kier alpha value is -1.35. The number of nitrogens with zero attached hydrogens (tertiary/aromatic N) is 3. The van der Waals surface area contributed by atoms with Crippen LogP contribution in [-0.4, -0.2) is 67.5 Å². The van der Waals surface area contributed by atoms with E-state index in [0.29, 0.717) is 24.0 Å². The van der Waals surface area contributed by atoms with E-state index in [0.717, 1.165) is 13.1 Å². The first-order valence-electron chi connectivity index (χ1n) is 9.84. The molecule has 2 N–H and O–H groups in total. The van der Waals surface area contributed by atoms with Gasteiger partial charge in [0.1, 0.15) is 6.54 Å². The highest BCUT2D eigenvalue weighted by Crippen LogP contribution is 2.19. The fourth-order valence-corrected chi connectivity index (χ4v) is 3.24. The van der Waals surface area contributed by atoms with E-state index in [1.807, 2.05) is 18.2 Å². The number of halogens is 1. The Morgan fingerprint density at radius 2 is 1.86 bits per heavy atom. The Labute approximate surface area is 187 Å². The lowest BCUT2D eigenvalue weighted by Crippen LogP contribution is -2.47. The topological polar surface area (TPSA) is 60.0 Å². The molecule has 3 unspecified atom stereocenters. The van der Waals surface area contributed by atoms with Crippen LogP contribution in [-0.2, 0) is 4.79 Å². The quantitative estimate of drug-likeness (QED) is 0.358. The van der Waals surface area contributed by atoms with Crippen molar-refractivity contribution in [3.05, 3.63) is 35.9 Å². The fraction of sp³-hybridized carbons (Fsp3) is 0.619. The molecule has 3 atom stereocenters. The summed E-state index contributed by atoms with van der Waals surface area (Å²) in [4.78, 5) is 20.6. The van der Waals surface area contributed by atoms with Gasteiger partial charge in [-0.25, -0.2) is 4.99 Å². The van der Waals surface area contributed by atoms with Gasteiger partial charge in [-0.05, 0) is 32.3 Å². The van der Waals surface area contributed by atoms with E-state index in [1.165, 1.54) is 5.56 Å². The Bertz CT molecular complexity index is 635. The summed E-state index contributed by atoms with van der Waals surface area (Å²) in [7, 11) is 3.51. The Kier molecular flexibility index (Phi) is 10.2. The van der Waals surface area contributed by atoms with Gasteiger partial charge >= 0.3 is 0 Å². The van der Waals surface area contributed by atoms with Crippen molar-refractivity contribution in [1.29, 1.82) is 0 Å². The molecule has 0 bridgehead atoms. The molecule has 1 aromatic rings. The number of nitrogens with one attached hydrogen (secondary N) is 2. The van der Waals surface area contributed by atoms with Crippen molar-refractivity contribution in [2.45, 2.75) is 45.8 Å². The van der Waals surface area contributed by atoms with E-state index in [9.17, 15) is 4.79 Å². The number of likely N-dealkylation sites (tertiary alicyclic amines) is 1. The van der Waals surface area contributed by atoms with Crippen LogP contribution in [0.25, 0.3) is 0 Å². The smallest absolute Gasteiger partial charge is 0.243 e. The maximum Gasteiger partial charge on any atom is 0.243 e. The molecule has 1 amide bonds. The lowest BCUT2D eigenvalue weighted by Gasteiger charge is -2.24. The number of aliphatic imine (C=N–C) groups is 1. The predicted octanol–water partition coefficient (Wildman–Crippen LogP) is 2.72. The molecule has 0 aromatic heterocycles. The van der Waals surface area contributed by atoms with Gasteiger partial charge in [0.2, 0.25) is 5.91 Å². The van der Waals surface area contributed by atoms with Crippen molar-refractivity contribution in [2.75, 3.05) is 33.7 Å². The predicted molar refractivity (Wildman–Crippen MR) is 127 cm³/mol. The summed E-state index contributed by atoms with van der Waals surface area (Å²) >= 11 is 0. The number of carbonyl (C=O) groups is 1. The number of amides is 1. The Morgan fingerprint density at radius 1 is 1.21 bits per heavy atom. The minimum Gasteiger partial charge on any atom is -0.352 e. The number of benzene rings is 1. The molecule has 158 valence electrons. The summed E-state index contributed by atoms with van der Waals surface area (Å²) in [5.74, 6) is 1.21.